The van der Waals surface area contributed by atoms with E-state index in [0.29, 0.717) is 22.6 Å². The molecule has 0 atom stereocenters. The van der Waals surface area contributed by atoms with E-state index in [2.05, 4.69) is 51.5 Å². The van der Waals surface area contributed by atoms with Gasteiger partial charge >= 0.3 is 0 Å². The van der Waals surface area contributed by atoms with Crippen molar-refractivity contribution in [3.05, 3.63) is 107 Å². The molecule has 6 nitrogen and oxygen atoms in total. The fraction of sp³-hybridized carbons (Fsp3) is 0.278. The number of halogens is 2. The van der Waals surface area contributed by atoms with Crippen LogP contribution in [0.3, 0.4) is 0 Å². The zero-order chi connectivity index (χ0) is 30.9. The van der Waals surface area contributed by atoms with Crippen LogP contribution in [0, 0.1) is 0 Å². The molecule has 240 valence electrons. The summed E-state index contributed by atoms with van der Waals surface area (Å²) in [5.74, 6) is 1.94. The zero-order valence-electron chi connectivity index (χ0n) is 27.2. The Balaban J connectivity index is 0.000000807. The quantitative estimate of drug-likeness (QED) is 0.156. The van der Waals surface area contributed by atoms with Gasteiger partial charge in [-0.1, -0.05) is 77.9 Å². The minimum atomic E-state index is -0.173. The number of hydrogen-bond donors (Lipinski definition) is 2. The Bertz CT molecular complexity index is 1420. The molecule has 4 aromatic rings. The van der Waals surface area contributed by atoms with Crippen molar-refractivity contribution in [1.82, 2.24) is 0 Å². The molecule has 0 aliphatic rings. The normalized spacial score (nSPS) is 11.0. The van der Waals surface area contributed by atoms with Crippen molar-refractivity contribution in [2.75, 3.05) is 14.2 Å². The average Bonchev–Trinajstić information content (AvgIpc) is 2.96. The second kappa shape index (κ2) is 18.6. The summed E-state index contributed by atoms with van der Waals surface area (Å²) in [5.41, 5.74) is 4.34. The molecule has 0 fully saturated rings. The summed E-state index contributed by atoms with van der Waals surface area (Å²) in [4.78, 5) is 8.79. The zero-order valence-corrected chi connectivity index (χ0v) is 30.4. The van der Waals surface area contributed by atoms with E-state index in [0.717, 1.165) is 22.5 Å². The Labute approximate surface area is 295 Å². The summed E-state index contributed by atoms with van der Waals surface area (Å²) < 4.78 is 10.6. The molecule has 0 saturated heterocycles. The van der Waals surface area contributed by atoms with Crippen LogP contribution in [0.1, 0.15) is 63.8 Å². The molecule has 0 bridgehead atoms. The number of benzene rings is 4. The van der Waals surface area contributed by atoms with Crippen LogP contribution in [0.2, 0.25) is 0 Å². The number of nitrogens with zero attached hydrogens (tertiary/aromatic N) is 2. The maximum atomic E-state index is 10.5. The summed E-state index contributed by atoms with van der Waals surface area (Å²) >= 11 is 0. The predicted molar refractivity (Wildman–Crippen MR) is 189 cm³/mol. The fourth-order valence-electron chi connectivity index (χ4n) is 4.15. The van der Waals surface area contributed by atoms with Gasteiger partial charge in [-0.2, -0.15) is 0 Å². The van der Waals surface area contributed by atoms with Crippen LogP contribution in [-0.2, 0) is 32.5 Å². The summed E-state index contributed by atoms with van der Waals surface area (Å²) in [5, 5.41) is 21.0. The Morgan fingerprint density at radius 2 is 0.867 bits per heavy atom. The fourth-order valence-corrected chi connectivity index (χ4v) is 4.15. The molecule has 0 aliphatic carbocycles. The number of hydrogen-bond acceptors (Lipinski definition) is 6. The standard InChI is InChI=1S/2C18H21NO2.2ClH.Ti/c2*1-18(2,3)16-11-15(21-4)10-13(17(16)20)12-19-14-8-6-5-7-9-14;;;/h2*5-12,20H,1-4H3;2*1H;. The van der Waals surface area contributed by atoms with Crippen molar-refractivity contribution in [3.63, 3.8) is 0 Å². The number of rotatable bonds is 6. The molecule has 4 aromatic carbocycles. The Morgan fingerprint density at radius 1 is 0.556 bits per heavy atom. The number of aliphatic imine (C=N–C) groups is 2. The van der Waals surface area contributed by atoms with E-state index >= 15 is 0 Å². The molecule has 0 heterocycles. The number of phenols is 2. The topological polar surface area (TPSA) is 83.6 Å². The van der Waals surface area contributed by atoms with Gasteiger partial charge in [-0.15, -0.1) is 24.8 Å². The first-order valence-corrected chi connectivity index (χ1v) is 13.8. The molecule has 0 saturated carbocycles. The van der Waals surface area contributed by atoms with E-state index in [9.17, 15) is 10.2 Å². The molecule has 45 heavy (non-hydrogen) atoms. The minimum absolute atomic E-state index is 0. The van der Waals surface area contributed by atoms with E-state index in [1.807, 2.05) is 72.8 Å². The van der Waals surface area contributed by atoms with Gasteiger partial charge in [0.25, 0.3) is 0 Å². The number of phenolic OH excluding ortho intramolecular Hbond substituents is 2. The monoisotopic (exact) mass is 686 g/mol. The smallest absolute Gasteiger partial charge is 0.128 e. The SMILES string of the molecule is COc1cc(C=Nc2ccccc2)c(O)c(C(C)(C)C)c1.COc1cc(C=Nc2ccccc2)c(O)c(C(C)(C)C)c1.Cl.Cl.[Ti]. The largest absolute Gasteiger partial charge is 0.507 e. The van der Waals surface area contributed by atoms with Gasteiger partial charge in [-0.3, -0.25) is 9.98 Å². The third-order valence-electron chi connectivity index (χ3n) is 6.53. The number of para-hydroxylation sites is 2. The van der Waals surface area contributed by atoms with Gasteiger partial charge in [0.15, 0.2) is 0 Å². The van der Waals surface area contributed by atoms with Crippen LogP contribution in [0.25, 0.3) is 0 Å². The Morgan fingerprint density at radius 3 is 1.13 bits per heavy atom. The first-order valence-electron chi connectivity index (χ1n) is 13.8. The van der Waals surface area contributed by atoms with Gasteiger partial charge < -0.3 is 19.7 Å². The Hall–Kier alpha value is -3.29. The second-order valence-electron chi connectivity index (χ2n) is 11.9. The van der Waals surface area contributed by atoms with Crippen LogP contribution >= 0.6 is 24.8 Å². The van der Waals surface area contributed by atoms with Crippen molar-refractivity contribution in [3.8, 4) is 23.0 Å². The summed E-state index contributed by atoms with van der Waals surface area (Å²) in [6.45, 7) is 12.3. The van der Waals surface area contributed by atoms with E-state index < -0.39 is 0 Å². The first kappa shape index (κ1) is 41.7. The molecule has 9 heteroatoms. The van der Waals surface area contributed by atoms with Crippen molar-refractivity contribution < 1.29 is 41.4 Å². The number of ether oxygens (including phenoxy) is 2. The second-order valence-corrected chi connectivity index (χ2v) is 11.9. The number of methoxy groups -OCH3 is 2. The molecular weight excluding hydrogens is 643 g/mol. The molecule has 2 N–H and O–H groups in total. The molecule has 0 amide bonds. The summed E-state index contributed by atoms with van der Waals surface area (Å²) in [7, 11) is 3.24. The maximum absolute atomic E-state index is 10.5. The first-order chi connectivity index (χ1) is 19.8. The van der Waals surface area contributed by atoms with Gasteiger partial charge in [0.05, 0.1) is 25.6 Å². The van der Waals surface area contributed by atoms with Gasteiger partial charge in [-0.25, -0.2) is 0 Å². The van der Waals surface area contributed by atoms with Crippen LogP contribution in [0.15, 0.2) is 94.9 Å². The van der Waals surface area contributed by atoms with Crippen molar-refractivity contribution >= 4 is 48.6 Å². The minimum Gasteiger partial charge on any atom is -0.507 e. The Kier molecular flexibility index (Phi) is 17.3. The van der Waals surface area contributed by atoms with Crippen molar-refractivity contribution in [2.24, 2.45) is 9.98 Å². The van der Waals surface area contributed by atoms with Crippen molar-refractivity contribution in [1.29, 1.82) is 0 Å². The van der Waals surface area contributed by atoms with Gasteiger partial charge in [0.2, 0.25) is 0 Å². The molecule has 0 unspecified atom stereocenters. The average molecular weight is 688 g/mol. The molecular formula is C36H44Cl2N2O4Ti. The van der Waals surface area contributed by atoms with Gasteiger partial charge in [0.1, 0.15) is 23.0 Å². The summed E-state index contributed by atoms with van der Waals surface area (Å²) in [6, 6.07) is 26.6. The van der Waals surface area contributed by atoms with Crippen LogP contribution in [0.4, 0.5) is 11.4 Å². The molecule has 0 aromatic heterocycles. The van der Waals surface area contributed by atoms with E-state index in [4.69, 9.17) is 9.47 Å². The van der Waals surface area contributed by atoms with Crippen molar-refractivity contribution in [2.45, 2.75) is 52.4 Å². The third-order valence-corrected chi connectivity index (χ3v) is 6.53. The van der Waals surface area contributed by atoms with E-state index in [1.165, 1.54) is 0 Å². The summed E-state index contributed by atoms with van der Waals surface area (Å²) in [6.07, 6.45) is 3.34. The van der Waals surface area contributed by atoms with E-state index in [1.54, 1.807) is 38.8 Å². The van der Waals surface area contributed by atoms with Crippen LogP contribution in [-0.4, -0.2) is 36.9 Å². The van der Waals surface area contributed by atoms with E-state index in [-0.39, 0.29) is 68.9 Å². The molecule has 0 radical (unpaired) electrons. The molecule has 0 spiro atoms. The third kappa shape index (κ3) is 12.2. The molecule has 4 rings (SSSR count). The predicted octanol–water partition coefficient (Wildman–Crippen LogP) is 9.74. The van der Waals surface area contributed by atoms with Gasteiger partial charge in [0, 0.05) is 56.4 Å². The number of aromatic hydroxyl groups is 2. The van der Waals surface area contributed by atoms with Crippen LogP contribution < -0.4 is 9.47 Å². The maximum Gasteiger partial charge on any atom is 0.128 e. The van der Waals surface area contributed by atoms with Crippen LogP contribution in [0.5, 0.6) is 23.0 Å². The van der Waals surface area contributed by atoms with Gasteiger partial charge in [-0.05, 0) is 59.4 Å². The molecule has 0 aliphatic heterocycles.